The summed E-state index contributed by atoms with van der Waals surface area (Å²) in [6.45, 7) is 0. The SMILES string of the molecule is COc1cc(Cl)ccc1-c1nnc2ccc(Cl)cn12. The number of pyridine rings is 1. The fraction of sp³-hybridized carbons (Fsp3) is 0.0769. The van der Waals surface area contributed by atoms with Gasteiger partial charge in [-0.15, -0.1) is 10.2 Å². The van der Waals surface area contributed by atoms with Crippen molar-refractivity contribution in [3.05, 3.63) is 46.6 Å². The second-order valence-electron chi connectivity index (χ2n) is 3.94. The molecule has 3 rings (SSSR count). The highest BCUT2D eigenvalue weighted by Gasteiger charge is 2.13. The molecule has 0 aliphatic heterocycles. The van der Waals surface area contributed by atoms with Crippen LogP contribution in [0.25, 0.3) is 17.0 Å². The standard InChI is InChI=1S/C13H9Cl2N3O/c1-19-11-6-8(14)2-4-10(11)13-17-16-12-5-3-9(15)7-18(12)13/h2-7H,1H3. The van der Waals surface area contributed by atoms with Crippen LogP contribution in [0.1, 0.15) is 0 Å². The number of halogens is 2. The van der Waals surface area contributed by atoms with Crippen LogP contribution in [0.4, 0.5) is 0 Å². The molecule has 0 fully saturated rings. The van der Waals surface area contributed by atoms with Crippen molar-refractivity contribution in [2.75, 3.05) is 7.11 Å². The lowest BCUT2D eigenvalue weighted by molar-refractivity contribution is 0.416. The fourth-order valence-electron chi connectivity index (χ4n) is 1.90. The van der Waals surface area contributed by atoms with Gasteiger partial charge >= 0.3 is 0 Å². The highest BCUT2D eigenvalue weighted by Crippen LogP contribution is 2.31. The van der Waals surface area contributed by atoms with Crippen molar-refractivity contribution in [2.24, 2.45) is 0 Å². The van der Waals surface area contributed by atoms with Gasteiger partial charge in [-0.25, -0.2) is 0 Å². The Kier molecular flexibility index (Phi) is 3.05. The predicted molar refractivity (Wildman–Crippen MR) is 75.0 cm³/mol. The summed E-state index contributed by atoms with van der Waals surface area (Å²) in [5.74, 6) is 1.30. The Balaban J connectivity index is 2.27. The Morgan fingerprint density at radius 3 is 2.63 bits per heavy atom. The average Bonchev–Trinajstić information content (AvgIpc) is 2.81. The molecule has 6 heteroatoms. The second kappa shape index (κ2) is 4.72. The summed E-state index contributed by atoms with van der Waals surface area (Å²) in [5.41, 5.74) is 1.53. The van der Waals surface area contributed by atoms with Crippen LogP contribution in [0.2, 0.25) is 10.0 Å². The molecule has 2 heterocycles. The van der Waals surface area contributed by atoms with Gasteiger partial charge in [-0.2, -0.15) is 0 Å². The number of benzene rings is 1. The van der Waals surface area contributed by atoms with E-state index in [0.29, 0.717) is 21.6 Å². The van der Waals surface area contributed by atoms with Crippen molar-refractivity contribution in [3.63, 3.8) is 0 Å². The number of rotatable bonds is 2. The van der Waals surface area contributed by atoms with Crippen molar-refractivity contribution in [1.82, 2.24) is 14.6 Å². The molecule has 2 aromatic heterocycles. The molecule has 0 amide bonds. The van der Waals surface area contributed by atoms with Crippen LogP contribution in [0.3, 0.4) is 0 Å². The zero-order valence-electron chi connectivity index (χ0n) is 9.97. The Labute approximate surface area is 119 Å². The van der Waals surface area contributed by atoms with E-state index in [-0.39, 0.29) is 0 Å². The highest BCUT2D eigenvalue weighted by atomic mass is 35.5. The van der Waals surface area contributed by atoms with Crippen LogP contribution in [-0.4, -0.2) is 21.7 Å². The molecule has 0 bridgehead atoms. The summed E-state index contributed by atoms with van der Waals surface area (Å²) in [4.78, 5) is 0. The van der Waals surface area contributed by atoms with Gasteiger partial charge in [0.2, 0.25) is 0 Å². The lowest BCUT2D eigenvalue weighted by Gasteiger charge is -2.07. The monoisotopic (exact) mass is 293 g/mol. The third-order valence-corrected chi connectivity index (χ3v) is 3.23. The number of nitrogens with zero attached hydrogens (tertiary/aromatic N) is 3. The smallest absolute Gasteiger partial charge is 0.172 e. The van der Waals surface area contributed by atoms with E-state index in [4.69, 9.17) is 27.9 Å². The van der Waals surface area contributed by atoms with Gasteiger partial charge < -0.3 is 4.74 Å². The topological polar surface area (TPSA) is 39.4 Å². The average molecular weight is 294 g/mol. The van der Waals surface area contributed by atoms with E-state index in [1.165, 1.54) is 0 Å². The Hall–Kier alpha value is -1.78. The van der Waals surface area contributed by atoms with Gasteiger partial charge in [0.15, 0.2) is 11.5 Å². The Bertz CT molecular complexity index is 755. The maximum Gasteiger partial charge on any atom is 0.172 e. The predicted octanol–water partition coefficient (Wildman–Crippen LogP) is 3.71. The zero-order chi connectivity index (χ0) is 13.4. The van der Waals surface area contributed by atoms with Gasteiger partial charge in [-0.05, 0) is 30.3 Å². The largest absolute Gasteiger partial charge is 0.496 e. The molecule has 1 aromatic carbocycles. The first-order chi connectivity index (χ1) is 9.19. The van der Waals surface area contributed by atoms with Crippen molar-refractivity contribution >= 4 is 28.8 Å². The molecule has 96 valence electrons. The van der Waals surface area contributed by atoms with E-state index in [9.17, 15) is 0 Å². The molecular weight excluding hydrogens is 285 g/mol. The molecule has 0 N–H and O–H groups in total. The molecule has 0 atom stereocenters. The number of aromatic nitrogens is 3. The number of hydrogen-bond donors (Lipinski definition) is 0. The number of fused-ring (bicyclic) bond motifs is 1. The molecule has 0 spiro atoms. The van der Waals surface area contributed by atoms with Crippen molar-refractivity contribution in [3.8, 4) is 17.1 Å². The Morgan fingerprint density at radius 1 is 1.05 bits per heavy atom. The minimum Gasteiger partial charge on any atom is -0.496 e. The van der Waals surface area contributed by atoms with E-state index in [1.54, 1.807) is 37.6 Å². The van der Waals surface area contributed by atoms with Crippen molar-refractivity contribution in [2.45, 2.75) is 0 Å². The summed E-state index contributed by atoms with van der Waals surface area (Å²) in [7, 11) is 1.59. The molecule has 0 aliphatic rings. The maximum atomic E-state index is 6.01. The van der Waals surface area contributed by atoms with Gasteiger partial charge in [0.05, 0.1) is 17.7 Å². The highest BCUT2D eigenvalue weighted by molar-refractivity contribution is 6.31. The molecular formula is C13H9Cl2N3O. The first-order valence-corrected chi connectivity index (χ1v) is 6.29. The fourth-order valence-corrected chi connectivity index (χ4v) is 2.22. The normalized spacial score (nSPS) is 10.9. The summed E-state index contributed by atoms with van der Waals surface area (Å²) in [5, 5.41) is 9.49. The van der Waals surface area contributed by atoms with Gasteiger partial charge in [-0.3, -0.25) is 4.40 Å². The van der Waals surface area contributed by atoms with E-state index in [1.807, 2.05) is 10.5 Å². The lowest BCUT2D eigenvalue weighted by Crippen LogP contribution is -1.93. The zero-order valence-corrected chi connectivity index (χ0v) is 11.5. The van der Waals surface area contributed by atoms with Gasteiger partial charge in [0, 0.05) is 11.2 Å². The van der Waals surface area contributed by atoms with Gasteiger partial charge in [0.1, 0.15) is 5.75 Å². The van der Waals surface area contributed by atoms with Crippen LogP contribution in [0.15, 0.2) is 36.5 Å². The van der Waals surface area contributed by atoms with Crippen LogP contribution in [0.5, 0.6) is 5.75 Å². The summed E-state index contributed by atoms with van der Waals surface area (Å²) in [6, 6.07) is 8.95. The molecule has 19 heavy (non-hydrogen) atoms. The molecule has 0 radical (unpaired) electrons. The lowest BCUT2D eigenvalue weighted by atomic mass is 10.2. The quantitative estimate of drug-likeness (QED) is 0.723. The van der Waals surface area contributed by atoms with Crippen LogP contribution >= 0.6 is 23.2 Å². The van der Waals surface area contributed by atoms with E-state index in [0.717, 1.165) is 11.2 Å². The van der Waals surface area contributed by atoms with Crippen LogP contribution in [0, 0.1) is 0 Å². The van der Waals surface area contributed by atoms with Gasteiger partial charge in [0.25, 0.3) is 0 Å². The third-order valence-electron chi connectivity index (χ3n) is 2.77. The number of methoxy groups -OCH3 is 1. The molecule has 4 nitrogen and oxygen atoms in total. The first kappa shape index (κ1) is 12.3. The molecule has 3 aromatic rings. The summed E-state index contributed by atoms with van der Waals surface area (Å²) < 4.78 is 7.14. The summed E-state index contributed by atoms with van der Waals surface area (Å²) in [6.07, 6.45) is 1.76. The van der Waals surface area contributed by atoms with Crippen LogP contribution < -0.4 is 4.74 Å². The summed E-state index contributed by atoms with van der Waals surface area (Å²) >= 11 is 12.0. The van der Waals surface area contributed by atoms with E-state index in [2.05, 4.69) is 10.2 Å². The molecule has 0 aliphatic carbocycles. The van der Waals surface area contributed by atoms with Crippen molar-refractivity contribution in [1.29, 1.82) is 0 Å². The minimum atomic E-state index is 0.604. The Morgan fingerprint density at radius 2 is 1.84 bits per heavy atom. The van der Waals surface area contributed by atoms with Crippen molar-refractivity contribution < 1.29 is 4.74 Å². The van der Waals surface area contributed by atoms with Gasteiger partial charge in [-0.1, -0.05) is 23.2 Å². The maximum absolute atomic E-state index is 6.01. The third kappa shape index (κ3) is 2.13. The van der Waals surface area contributed by atoms with Crippen LogP contribution in [-0.2, 0) is 0 Å². The minimum absolute atomic E-state index is 0.604. The molecule has 0 saturated heterocycles. The van der Waals surface area contributed by atoms with E-state index < -0.39 is 0 Å². The first-order valence-electron chi connectivity index (χ1n) is 5.53. The number of hydrogen-bond acceptors (Lipinski definition) is 3. The second-order valence-corrected chi connectivity index (χ2v) is 4.82. The number of ether oxygens (including phenoxy) is 1. The molecule has 0 unspecified atom stereocenters. The molecule has 0 saturated carbocycles. The van der Waals surface area contributed by atoms with E-state index >= 15 is 0 Å².